The van der Waals surface area contributed by atoms with Crippen molar-refractivity contribution < 1.29 is 9.18 Å². The standard InChI is InChI=1S/C14H12FN3OS/c1-9-3-2-8-16-12(9)17-14(20)18-13(19)10-4-6-11(15)7-5-10/h2-8H,1H3,(H2,16,17,18,19,20). The normalized spacial score (nSPS) is 9.90. The summed E-state index contributed by atoms with van der Waals surface area (Å²) < 4.78 is 12.8. The summed E-state index contributed by atoms with van der Waals surface area (Å²) in [6.45, 7) is 1.87. The number of hydrogen-bond acceptors (Lipinski definition) is 3. The second-order valence-electron chi connectivity index (χ2n) is 4.08. The van der Waals surface area contributed by atoms with Gasteiger partial charge in [0.15, 0.2) is 5.11 Å². The van der Waals surface area contributed by atoms with Crippen LogP contribution in [-0.2, 0) is 0 Å². The summed E-state index contributed by atoms with van der Waals surface area (Å²) in [5.74, 6) is -0.223. The third-order valence-electron chi connectivity index (χ3n) is 2.57. The molecule has 1 heterocycles. The third-order valence-corrected chi connectivity index (χ3v) is 2.78. The first-order valence-electron chi connectivity index (χ1n) is 5.86. The van der Waals surface area contributed by atoms with Gasteiger partial charge >= 0.3 is 0 Å². The van der Waals surface area contributed by atoms with E-state index >= 15 is 0 Å². The van der Waals surface area contributed by atoms with E-state index in [0.29, 0.717) is 11.4 Å². The van der Waals surface area contributed by atoms with Gasteiger partial charge in [-0.05, 0) is 55.0 Å². The average Bonchev–Trinajstić information content (AvgIpc) is 2.42. The summed E-state index contributed by atoms with van der Waals surface area (Å²) in [5.41, 5.74) is 1.24. The Kier molecular flexibility index (Phi) is 4.37. The van der Waals surface area contributed by atoms with E-state index in [2.05, 4.69) is 15.6 Å². The van der Waals surface area contributed by atoms with Gasteiger partial charge in [-0.3, -0.25) is 10.1 Å². The largest absolute Gasteiger partial charge is 0.317 e. The Morgan fingerprint density at radius 1 is 1.25 bits per heavy atom. The van der Waals surface area contributed by atoms with E-state index in [4.69, 9.17) is 12.2 Å². The van der Waals surface area contributed by atoms with Crippen LogP contribution in [0, 0.1) is 12.7 Å². The molecule has 0 aliphatic heterocycles. The summed E-state index contributed by atoms with van der Waals surface area (Å²) in [6, 6.07) is 8.89. The molecule has 0 bridgehead atoms. The summed E-state index contributed by atoms with van der Waals surface area (Å²) in [4.78, 5) is 16.0. The maximum absolute atomic E-state index is 12.8. The molecule has 2 N–H and O–H groups in total. The van der Waals surface area contributed by atoms with Crippen LogP contribution in [0.5, 0.6) is 0 Å². The third kappa shape index (κ3) is 3.58. The highest BCUT2D eigenvalue weighted by molar-refractivity contribution is 7.80. The van der Waals surface area contributed by atoms with E-state index in [0.717, 1.165) is 5.56 Å². The molecular weight excluding hydrogens is 277 g/mol. The molecule has 0 aliphatic carbocycles. The molecule has 0 spiro atoms. The topological polar surface area (TPSA) is 54.0 Å². The average molecular weight is 289 g/mol. The maximum atomic E-state index is 12.8. The van der Waals surface area contributed by atoms with Gasteiger partial charge in [0.05, 0.1) is 0 Å². The van der Waals surface area contributed by atoms with Crippen LogP contribution >= 0.6 is 12.2 Å². The number of carbonyl (C=O) groups is 1. The predicted molar refractivity (Wildman–Crippen MR) is 79.1 cm³/mol. The Morgan fingerprint density at radius 2 is 1.95 bits per heavy atom. The van der Waals surface area contributed by atoms with Gasteiger partial charge in [0.2, 0.25) is 0 Å². The van der Waals surface area contributed by atoms with Crippen LogP contribution in [0.4, 0.5) is 10.2 Å². The molecule has 0 aliphatic rings. The summed E-state index contributed by atoms with van der Waals surface area (Å²) >= 11 is 5.04. The first-order chi connectivity index (χ1) is 9.56. The Labute approximate surface area is 121 Å². The zero-order chi connectivity index (χ0) is 14.5. The van der Waals surface area contributed by atoms with Gasteiger partial charge in [0.1, 0.15) is 11.6 Å². The second-order valence-corrected chi connectivity index (χ2v) is 4.49. The fraction of sp³-hybridized carbons (Fsp3) is 0.0714. The highest BCUT2D eigenvalue weighted by Gasteiger charge is 2.09. The first kappa shape index (κ1) is 14.1. The number of aryl methyl sites for hydroxylation is 1. The molecule has 0 radical (unpaired) electrons. The molecule has 6 heteroatoms. The number of benzene rings is 1. The lowest BCUT2D eigenvalue weighted by Gasteiger charge is -2.10. The van der Waals surface area contributed by atoms with Crippen molar-refractivity contribution in [1.82, 2.24) is 10.3 Å². The number of pyridine rings is 1. The van der Waals surface area contributed by atoms with Crippen LogP contribution in [0.15, 0.2) is 42.6 Å². The Balaban J connectivity index is 2.00. The molecule has 0 saturated carbocycles. The Bertz CT molecular complexity index is 643. The van der Waals surface area contributed by atoms with Crippen molar-refractivity contribution in [2.75, 3.05) is 5.32 Å². The minimum absolute atomic E-state index is 0.140. The van der Waals surface area contributed by atoms with Gasteiger partial charge in [-0.15, -0.1) is 0 Å². The predicted octanol–water partition coefficient (Wildman–Crippen LogP) is 2.66. The number of nitrogens with zero attached hydrogens (tertiary/aromatic N) is 1. The lowest BCUT2D eigenvalue weighted by atomic mass is 10.2. The van der Waals surface area contributed by atoms with Crippen LogP contribution in [0.25, 0.3) is 0 Å². The number of thiocarbonyl (C=S) groups is 1. The number of amides is 1. The van der Waals surface area contributed by atoms with Gasteiger partial charge in [0, 0.05) is 11.8 Å². The van der Waals surface area contributed by atoms with Crippen molar-refractivity contribution >= 4 is 29.1 Å². The number of rotatable bonds is 2. The number of aromatic nitrogens is 1. The second kappa shape index (κ2) is 6.21. The lowest BCUT2D eigenvalue weighted by Crippen LogP contribution is -2.34. The van der Waals surface area contributed by atoms with E-state index in [-0.39, 0.29) is 5.11 Å². The van der Waals surface area contributed by atoms with E-state index in [1.807, 2.05) is 13.0 Å². The maximum Gasteiger partial charge on any atom is 0.257 e. The minimum atomic E-state index is -0.406. The molecule has 2 rings (SSSR count). The van der Waals surface area contributed by atoms with Crippen LogP contribution < -0.4 is 10.6 Å². The minimum Gasteiger partial charge on any atom is -0.317 e. The van der Waals surface area contributed by atoms with Crippen LogP contribution in [-0.4, -0.2) is 16.0 Å². The van der Waals surface area contributed by atoms with Crippen molar-refractivity contribution in [2.45, 2.75) is 6.92 Å². The Hall–Kier alpha value is -2.34. The van der Waals surface area contributed by atoms with E-state index in [1.54, 1.807) is 12.3 Å². The number of anilines is 1. The van der Waals surface area contributed by atoms with Crippen molar-refractivity contribution in [3.8, 4) is 0 Å². The molecule has 0 fully saturated rings. The van der Waals surface area contributed by atoms with Crippen molar-refractivity contribution in [1.29, 1.82) is 0 Å². The molecule has 0 saturated heterocycles. The molecule has 102 valence electrons. The quantitative estimate of drug-likeness (QED) is 0.835. The monoisotopic (exact) mass is 289 g/mol. The fourth-order valence-corrected chi connectivity index (χ4v) is 1.72. The molecule has 1 aromatic heterocycles. The van der Waals surface area contributed by atoms with E-state index in [1.165, 1.54) is 24.3 Å². The molecule has 1 aromatic carbocycles. The SMILES string of the molecule is Cc1cccnc1NC(=S)NC(=O)c1ccc(F)cc1. The summed E-state index contributed by atoms with van der Waals surface area (Å²) in [5, 5.41) is 5.49. The van der Waals surface area contributed by atoms with E-state index in [9.17, 15) is 9.18 Å². The van der Waals surface area contributed by atoms with Gasteiger partial charge in [-0.2, -0.15) is 0 Å². The molecule has 4 nitrogen and oxygen atoms in total. The number of nitrogens with one attached hydrogen (secondary N) is 2. The molecule has 20 heavy (non-hydrogen) atoms. The summed E-state index contributed by atoms with van der Waals surface area (Å²) in [7, 11) is 0. The number of hydrogen-bond donors (Lipinski definition) is 2. The van der Waals surface area contributed by atoms with Gasteiger partial charge in [-0.1, -0.05) is 6.07 Å². The first-order valence-corrected chi connectivity index (χ1v) is 6.26. The van der Waals surface area contributed by atoms with Crippen LogP contribution in [0.3, 0.4) is 0 Å². The highest BCUT2D eigenvalue weighted by atomic mass is 32.1. The van der Waals surface area contributed by atoms with Crippen molar-refractivity contribution in [2.24, 2.45) is 0 Å². The van der Waals surface area contributed by atoms with Crippen LogP contribution in [0.1, 0.15) is 15.9 Å². The zero-order valence-electron chi connectivity index (χ0n) is 10.7. The highest BCUT2D eigenvalue weighted by Crippen LogP contribution is 2.09. The van der Waals surface area contributed by atoms with Crippen molar-refractivity contribution in [3.05, 3.63) is 59.5 Å². The molecule has 1 amide bonds. The zero-order valence-corrected chi connectivity index (χ0v) is 11.5. The lowest BCUT2D eigenvalue weighted by molar-refractivity contribution is 0.0977. The number of carbonyl (C=O) groups excluding carboxylic acids is 1. The smallest absolute Gasteiger partial charge is 0.257 e. The fourth-order valence-electron chi connectivity index (χ4n) is 1.53. The number of halogens is 1. The van der Waals surface area contributed by atoms with Crippen LogP contribution in [0.2, 0.25) is 0 Å². The van der Waals surface area contributed by atoms with Gasteiger partial charge in [0.25, 0.3) is 5.91 Å². The van der Waals surface area contributed by atoms with Crippen molar-refractivity contribution in [3.63, 3.8) is 0 Å². The van der Waals surface area contributed by atoms with Gasteiger partial charge in [-0.25, -0.2) is 9.37 Å². The molecular formula is C14H12FN3OS. The van der Waals surface area contributed by atoms with Gasteiger partial charge < -0.3 is 5.32 Å². The Morgan fingerprint density at radius 3 is 2.60 bits per heavy atom. The molecule has 0 unspecified atom stereocenters. The molecule has 0 atom stereocenters. The summed E-state index contributed by atoms with van der Waals surface area (Å²) in [6.07, 6.45) is 1.62. The molecule has 2 aromatic rings. The van der Waals surface area contributed by atoms with E-state index < -0.39 is 11.7 Å².